The summed E-state index contributed by atoms with van der Waals surface area (Å²) < 4.78 is 27.7. The molecular weight excluding hydrogens is 448 g/mol. The van der Waals surface area contributed by atoms with Crippen LogP contribution in [-0.4, -0.2) is 24.4 Å². The molecule has 1 aromatic heterocycles. The highest BCUT2D eigenvalue weighted by atomic mass is 79.9. The molecule has 3 rings (SSSR count). The number of hydrogen-bond donors (Lipinski definition) is 1. The predicted octanol–water partition coefficient (Wildman–Crippen LogP) is 4.52. The molecule has 27 heavy (non-hydrogen) atoms. The SMILES string of the molecule is Cc1cc(Br)cc(C)c1CC(=O)C(C)(C)c1csc(NS(=O)(=O)C2CC2)n1. The Labute approximate surface area is 172 Å². The number of aryl methyl sites for hydroxylation is 2. The van der Waals surface area contributed by atoms with Crippen LogP contribution in [0, 0.1) is 13.8 Å². The van der Waals surface area contributed by atoms with Gasteiger partial charge in [0.1, 0.15) is 5.78 Å². The molecule has 8 heteroatoms. The molecule has 0 amide bonds. The standard InChI is InChI=1S/C19H23BrN2O3S2/c1-11-7-13(20)8-12(2)15(11)9-17(23)19(3,4)16-10-26-18(21-16)22-27(24,25)14-5-6-14/h7-8,10,14H,5-6,9H2,1-4H3,(H,21,22). The van der Waals surface area contributed by atoms with Crippen LogP contribution < -0.4 is 4.72 Å². The molecule has 1 aromatic carbocycles. The monoisotopic (exact) mass is 470 g/mol. The van der Waals surface area contributed by atoms with Crippen molar-refractivity contribution in [3.8, 4) is 0 Å². The van der Waals surface area contributed by atoms with Crippen LogP contribution in [0.4, 0.5) is 5.13 Å². The molecule has 146 valence electrons. The number of nitrogens with zero attached hydrogens (tertiary/aromatic N) is 1. The molecule has 1 fully saturated rings. The Morgan fingerprint density at radius 2 is 1.89 bits per heavy atom. The van der Waals surface area contributed by atoms with Crippen LogP contribution in [0.15, 0.2) is 22.0 Å². The van der Waals surface area contributed by atoms with Gasteiger partial charge in [-0.05, 0) is 69.4 Å². The van der Waals surface area contributed by atoms with Gasteiger partial charge < -0.3 is 0 Å². The van der Waals surface area contributed by atoms with E-state index in [1.807, 2.05) is 39.8 Å². The van der Waals surface area contributed by atoms with Crippen molar-refractivity contribution in [1.29, 1.82) is 0 Å². The van der Waals surface area contributed by atoms with E-state index in [9.17, 15) is 13.2 Å². The predicted molar refractivity (Wildman–Crippen MR) is 113 cm³/mol. The van der Waals surface area contributed by atoms with Crippen LogP contribution in [-0.2, 0) is 26.7 Å². The molecule has 1 aliphatic carbocycles. The summed E-state index contributed by atoms with van der Waals surface area (Å²) in [6.07, 6.45) is 1.71. The van der Waals surface area contributed by atoms with Crippen molar-refractivity contribution in [1.82, 2.24) is 4.98 Å². The number of carbonyl (C=O) groups is 1. The Balaban J connectivity index is 1.79. The fraction of sp³-hybridized carbons (Fsp3) is 0.474. The Hall–Kier alpha value is -1.25. The summed E-state index contributed by atoms with van der Waals surface area (Å²) in [7, 11) is -3.35. The van der Waals surface area contributed by atoms with Crippen molar-refractivity contribution < 1.29 is 13.2 Å². The van der Waals surface area contributed by atoms with Gasteiger partial charge in [-0.25, -0.2) is 13.4 Å². The summed E-state index contributed by atoms with van der Waals surface area (Å²) in [6, 6.07) is 4.02. The van der Waals surface area contributed by atoms with E-state index in [0.29, 0.717) is 30.1 Å². The molecule has 0 spiro atoms. The number of carbonyl (C=O) groups excluding carboxylic acids is 1. The number of thiazole rings is 1. The maximum Gasteiger partial charge on any atom is 0.237 e. The van der Waals surface area contributed by atoms with Crippen molar-refractivity contribution in [2.45, 2.75) is 57.6 Å². The first-order valence-electron chi connectivity index (χ1n) is 8.77. The zero-order valence-corrected chi connectivity index (χ0v) is 19.0. The number of nitrogens with one attached hydrogen (secondary N) is 1. The molecule has 0 saturated heterocycles. The summed E-state index contributed by atoms with van der Waals surface area (Å²) in [5.41, 5.74) is 2.97. The second kappa shape index (κ2) is 7.29. The van der Waals surface area contributed by atoms with Gasteiger partial charge in [0.25, 0.3) is 0 Å². The van der Waals surface area contributed by atoms with Gasteiger partial charge in [0, 0.05) is 16.3 Å². The van der Waals surface area contributed by atoms with Crippen LogP contribution in [0.5, 0.6) is 0 Å². The third-order valence-corrected chi connectivity index (χ3v) is 8.20. The molecule has 2 aromatic rings. The first-order valence-corrected chi connectivity index (χ1v) is 12.0. The van der Waals surface area contributed by atoms with E-state index < -0.39 is 15.4 Å². The molecule has 5 nitrogen and oxygen atoms in total. The summed E-state index contributed by atoms with van der Waals surface area (Å²) in [4.78, 5) is 17.4. The number of aromatic nitrogens is 1. The highest BCUT2D eigenvalue weighted by molar-refractivity contribution is 9.10. The van der Waals surface area contributed by atoms with Crippen molar-refractivity contribution in [3.63, 3.8) is 0 Å². The summed E-state index contributed by atoms with van der Waals surface area (Å²) in [5, 5.41) is 1.79. The summed E-state index contributed by atoms with van der Waals surface area (Å²) in [5.74, 6) is 0.0536. The quantitative estimate of drug-likeness (QED) is 0.645. The molecule has 0 bridgehead atoms. The van der Waals surface area contributed by atoms with Gasteiger partial charge in [0.05, 0.1) is 16.4 Å². The number of sulfonamides is 1. The number of halogens is 1. The van der Waals surface area contributed by atoms with E-state index in [1.165, 1.54) is 11.3 Å². The van der Waals surface area contributed by atoms with E-state index in [-0.39, 0.29) is 11.0 Å². The Morgan fingerprint density at radius 1 is 1.30 bits per heavy atom. The van der Waals surface area contributed by atoms with E-state index in [1.54, 1.807) is 5.38 Å². The number of benzene rings is 1. The van der Waals surface area contributed by atoms with Gasteiger partial charge in [-0.15, -0.1) is 11.3 Å². The zero-order valence-electron chi connectivity index (χ0n) is 15.8. The molecule has 1 aliphatic rings. The number of Topliss-reactive ketones (excluding diaryl/α,β-unsaturated/α-hetero) is 1. The normalized spacial score (nSPS) is 15.0. The van der Waals surface area contributed by atoms with Crippen LogP contribution in [0.3, 0.4) is 0 Å². The second-order valence-corrected chi connectivity index (χ2v) is 11.4. The largest absolute Gasteiger partial charge is 0.298 e. The van der Waals surface area contributed by atoms with Gasteiger partial charge in [-0.1, -0.05) is 15.9 Å². The third-order valence-electron chi connectivity index (χ3n) is 5.03. The van der Waals surface area contributed by atoms with Crippen molar-refractivity contribution in [2.75, 3.05) is 4.72 Å². The summed E-state index contributed by atoms with van der Waals surface area (Å²) >= 11 is 4.70. The lowest BCUT2D eigenvalue weighted by Crippen LogP contribution is -2.31. The molecule has 1 N–H and O–H groups in total. The van der Waals surface area contributed by atoms with Crippen LogP contribution >= 0.6 is 27.3 Å². The van der Waals surface area contributed by atoms with Crippen LogP contribution in [0.1, 0.15) is 49.1 Å². The van der Waals surface area contributed by atoms with Crippen molar-refractivity contribution in [2.24, 2.45) is 0 Å². The van der Waals surface area contributed by atoms with Crippen LogP contribution in [0.2, 0.25) is 0 Å². The van der Waals surface area contributed by atoms with Gasteiger partial charge in [0.15, 0.2) is 5.13 Å². The van der Waals surface area contributed by atoms with Gasteiger partial charge in [-0.3, -0.25) is 9.52 Å². The molecule has 1 heterocycles. The first kappa shape index (κ1) is 20.5. The van der Waals surface area contributed by atoms with Gasteiger partial charge in [0.2, 0.25) is 10.0 Å². The van der Waals surface area contributed by atoms with E-state index in [0.717, 1.165) is 21.2 Å². The lowest BCUT2D eigenvalue weighted by molar-refractivity contribution is -0.122. The molecule has 0 radical (unpaired) electrons. The number of anilines is 1. The third kappa shape index (κ3) is 4.43. The average molecular weight is 471 g/mol. The molecule has 0 unspecified atom stereocenters. The van der Waals surface area contributed by atoms with Gasteiger partial charge >= 0.3 is 0 Å². The van der Waals surface area contributed by atoms with E-state index in [4.69, 9.17) is 0 Å². The fourth-order valence-electron chi connectivity index (χ4n) is 2.93. The lowest BCUT2D eigenvalue weighted by Gasteiger charge is -2.22. The van der Waals surface area contributed by atoms with Crippen LogP contribution in [0.25, 0.3) is 0 Å². The second-order valence-electron chi connectivity index (χ2n) is 7.63. The van der Waals surface area contributed by atoms with E-state index in [2.05, 4.69) is 25.6 Å². The number of ketones is 1. The van der Waals surface area contributed by atoms with Crippen molar-refractivity contribution in [3.05, 3.63) is 44.4 Å². The highest BCUT2D eigenvalue weighted by Gasteiger charge is 2.37. The molecule has 0 atom stereocenters. The average Bonchev–Trinajstić information content (AvgIpc) is 3.31. The smallest absolute Gasteiger partial charge is 0.237 e. The summed E-state index contributed by atoms with van der Waals surface area (Å²) in [6.45, 7) is 7.68. The Morgan fingerprint density at radius 3 is 2.44 bits per heavy atom. The minimum atomic E-state index is -3.35. The van der Waals surface area contributed by atoms with Crippen molar-refractivity contribution >= 4 is 48.2 Å². The van der Waals surface area contributed by atoms with Gasteiger partial charge in [-0.2, -0.15) is 0 Å². The maximum absolute atomic E-state index is 13.1. The Kier molecular flexibility index (Phi) is 5.53. The molecular formula is C19H23BrN2O3S2. The first-order chi connectivity index (χ1) is 12.5. The minimum absolute atomic E-state index is 0.0536. The van der Waals surface area contributed by atoms with E-state index >= 15 is 0 Å². The Bertz CT molecular complexity index is 969. The number of rotatable bonds is 7. The number of hydrogen-bond acceptors (Lipinski definition) is 5. The molecule has 0 aliphatic heterocycles. The molecule has 1 saturated carbocycles. The topological polar surface area (TPSA) is 76.1 Å². The minimum Gasteiger partial charge on any atom is -0.298 e. The zero-order chi connectivity index (χ0) is 20.0. The highest BCUT2D eigenvalue weighted by Crippen LogP contribution is 2.33. The lowest BCUT2D eigenvalue weighted by atomic mass is 9.81. The maximum atomic E-state index is 13.1. The fourth-order valence-corrected chi connectivity index (χ4v) is 6.10.